The Bertz CT molecular complexity index is 1110. The molecule has 3 heterocycles. The van der Waals surface area contributed by atoms with Gasteiger partial charge in [0.05, 0.1) is 18.9 Å². The number of hydrogen-bond donors (Lipinski definition) is 2. The second-order valence-electron chi connectivity index (χ2n) is 7.45. The minimum absolute atomic E-state index is 0.00335. The summed E-state index contributed by atoms with van der Waals surface area (Å²) in [6.45, 7) is 1.57. The molecule has 3 aromatic rings. The third-order valence-electron chi connectivity index (χ3n) is 5.68. The molecule has 0 radical (unpaired) electrons. The minimum atomic E-state index is -0.291. The zero-order chi connectivity index (χ0) is 21.3. The number of fused-ring (bicyclic) bond motifs is 1. The van der Waals surface area contributed by atoms with Gasteiger partial charge < -0.3 is 20.3 Å². The van der Waals surface area contributed by atoms with E-state index in [1.54, 1.807) is 23.9 Å². The molecular formula is C21H25N5O4. The van der Waals surface area contributed by atoms with Crippen LogP contribution < -0.4 is 16.0 Å². The molecule has 9 nitrogen and oxygen atoms in total. The molecule has 0 atom stereocenters. The van der Waals surface area contributed by atoms with Gasteiger partial charge in [0.25, 0.3) is 5.56 Å². The predicted molar refractivity (Wildman–Crippen MR) is 112 cm³/mol. The number of nitrogens with zero attached hydrogens (tertiary/aromatic N) is 4. The number of rotatable bonds is 5. The number of pyridine rings is 2. The summed E-state index contributed by atoms with van der Waals surface area (Å²) in [5, 5.41) is 9.81. The van der Waals surface area contributed by atoms with E-state index < -0.39 is 0 Å². The first kappa shape index (κ1) is 20.2. The number of ether oxygens (including phenoxy) is 2. The quantitative estimate of drug-likeness (QED) is 0.612. The molecule has 9 heteroatoms. The Labute approximate surface area is 173 Å². The molecule has 0 amide bonds. The molecule has 0 saturated heterocycles. The van der Waals surface area contributed by atoms with Crippen LogP contribution in [0, 0.1) is 6.92 Å². The Morgan fingerprint density at radius 3 is 2.63 bits per heavy atom. The van der Waals surface area contributed by atoms with Crippen LogP contribution in [-0.2, 0) is 4.74 Å². The Morgan fingerprint density at radius 2 is 2.00 bits per heavy atom. The largest absolute Gasteiger partial charge is 0.481 e. The van der Waals surface area contributed by atoms with Crippen molar-refractivity contribution >= 4 is 17.0 Å². The summed E-state index contributed by atoms with van der Waals surface area (Å²) < 4.78 is 12.2. The van der Waals surface area contributed by atoms with E-state index in [1.807, 2.05) is 19.1 Å². The van der Waals surface area contributed by atoms with E-state index in [4.69, 9.17) is 20.3 Å². The molecule has 1 aliphatic carbocycles. The Morgan fingerprint density at radius 1 is 1.23 bits per heavy atom. The Kier molecular flexibility index (Phi) is 5.65. The number of methoxy groups -OCH3 is 1. The van der Waals surface area contributed by atoms with E-state index in [0.29, 0.717) is 28.3 Å². The van der Waals surface area contributed by atoms with E-state index >= 15 is 0 Å². The third kappa shape index (κ3) is 3.73. The monoisotopic (exact) mass is 411 g/mol. The number of aryl methyl sites for hydroxylation is 1. The lowest BCUT2D eigenvalue weighted by Crippen LogP contribution is -2.32. The van der Waals surface area contributed by atoms with Gasteiger partial charge in [0, 0.05) is 34.8 Å². The predicted octanol–water partition coefficient (Wildman–Crippen LogP) is 2.20. The molecule has 0 unspecified atom stereocenters. The first-order chi connectivity index (χ1) is 14.5. The van der Waals surface area contributed by atoms with Crippen molar-refractivity contribution in [3.63, 3.8) is 0 Å². The van der Waals surface area contributed by atoms with Crippen LogP contribution in [0.3, 0.4) is 0 Å². The van der Waals surface area contributed by atoms with Crippen molar-refractivity contribution in [1.82, 2.24) is 19.5 Å². The maximum absolute atomic E-state index is 13.6. The maximum Gasteiger partial charge on any atom is 0.260 e. The molecule has 158 valence electrons. The molecular weight excluding hydrogens is 386 g/mol. The maximum atomic E-state index is 13.6. The van der Waals surface area contributed by atoms with Gasteiger partial charge in [-0.1, -0.05) is 0 Å². The average Bonchev–Trinajstić information content (AvgIpc) is 2.74. The number of aliphatic hydroxyl groups is 1. The van der Waals surface area contributed by atoms with Crippen molar-refractivity contribution < 1.29 is 14.6 Å². The molecule has 1 aliphatic rings. The fourth-order valence-electron chi connectivity index (χ4n) is 4.15. The Hall–Kier alpha value is -3.04. The van der Waals surface area contributed by atoms with Crippen LogP contribution >= 0.6 is 0 Å². The second kappa shape index (κ2) is 8.37. The standard InChI is InChI=1S/C21H25N5O4/c1-12-16-9-17(13-3-8-18(29-2)23-10-13)20(28)26(19(16)25-21(22)24-12)14-4-6-15(7-5-14)30-11-27/h3,8-10,14-15,27H,4-7,11H2,1-2H3,(H2,22,24,25). The van der Waals surface area contributed by atoms with E-state index in [1.165, 1.54) is 0 Å². The van der Waals surface area contributed by atoms with Gasteiger partial charge in [-0.05, 0) is 44.7 Å². The lowest BCUT2D eigenvalue weighted by atomic mass is 9.92. The SMILES string of the molecule is COc1ccc(-c2cc3c(C)nc(N)nc3n(C3CCC(OCO)CC3)c2=O)cn1. The normalized spacial score (nSPS) is 19.2. The van der Waals surface area contributed by atoms with E-state index in [2.05, 4.69) is 15.0 Å². The van der Waals surface area contributed by atoms with Crippen LogP contribution in [0.25, 0.3) is 22.2 Å². The highest BCUT2D eigenvalue weighted by Gasteiger charge is 2.27. The zero-order valence-electron chi connectivity index (χ0n) is 17.0. The molecule has 0 aromatic carbocycles. The van der Waals surface area contributed by atoms with Crippen LogP contribution in [0.2, 0.25) is 0 Å². The number of nitrogens with two attached hydrogens (primary N) is 1. The average molecular weight is 411 g/mol. The van der Waals surface area contributed by atoms with E-state index in [0.717, 1.165) is 31.1 Å². The van der Waals surface area contributed by atoms with Gasteiger partial charge in [0.15, 0.2) is 0 Å². The van der Waals surface area contributed by atoms with Crippen LogP contribution in [-0.4, -0.2) is 44.6 Å². The lowest BCUT2D eigenvalue weighted by molar-refractivity contribution is -0.0663. The van der Waals surface area contributed by atoms with Gasteiger partial charge >= 0.3 is 0 Å². The van der Waals surface area contributed by atoms with Crippen LogP contribution in [0.4, 0.5) is 5.95 Å². The molecule has 30 heavy (non-hydrogen) atoms. The second-order valence-corrected chi connectivity index (χ2v) is 7.45. The summed E-state index contributed by atoms with van der Waals surface area (Å²) in [4.78, 5) is 26.5. The third-order valence-corrected chi connectivity index (χ3v) is 5.68. The highest BCUT2D eigenvalue weighted by atomic mass is 16.6. The molecule has 4 rings (SSSR count). The summed E-state index contributed by atoms with van der Waals surface area (Å²) in [5.41, 5.74) is 8.25. The highest BCUT2D eigenvalue weighted by molar-refractivity contribution is 5.84. The van der Waals surface area contributed by atoms with Gasteiger partial charge in [-0.25, -0.2) is 9.97 Å². The summed E-state index contributed by atoms with van der Waals surface area (Å²) in [7, 11) is 1.55. The van der Waals surface area contributed by atoms with Crippen molar-refractivity contribution in [2.45, 2.75) is 44.8 Å². The van der Waals surface area contributed by atoms with E-state index in [-0.39, 0.29) is 30.4 Å². The van der Waals surface area contributed by atoms with Gasteiger partial charge in [0.1, 0.15) is 12.4 Å². The number of anilines is 1. The summed E-state index contributed by atoms with van der Waals surface area (Å²) in [6.07, 6.45) is 4.63. The van der Waals surface area contributed by atoms with Crippen molar-refractivity contribution in [2.75, 3.05) is 19.6 Å². The molecule has 3 aromatic heterocycles. The first-order valence-electron chi connectivity index (χ1n) is 9.94. The Balaban J connectivity index is 1.86. The summed E-state index contributed by atoms with van der Waals surface area (Å²) in [5.74, 6) is 0.624. The molecule has 3 N–H and O–H groups in total. The number of aliphatic hydroxyl groups excluding tert-OH is 1. The lowest BCUT2D eigenvalue weighted by Gasteiger charge is -2.30. The van der Waals surface area contributed by atoms with Gasteiger partial charge in [-0.15, -0.1) is 0 Å². The fraction of sp³-hybridized carbons (Fsp3) is 0.429. The molecule has 1 fully saturated rings. The number of aromatic nitrogens is 4. The molecule has 1 saturated carbocycles. The number of hydrogen-bond acceptors (Lipinski definition) is 8. The van der Waals surface area contributed by atoms with Gasteiger partial charge in [-0.3, -0.25) is 9.36 Å². The minimum Gasteiger partial charge on any atom is -0.481 e. The molecule has 0 spiro atoms. The smallest absolute Gasteiger partial charge is 0.260 e. The first-order valence-corrected chi connectivity index (χ1v) is 9.94. The van der Waals surface area contributed by atoms with Gasteiger partial charge in [-0.2, -0.15) is 4.98 Å². The highest BCUT2D eigenvalue weighted by Crippen LogP contribution is 2.32. The topological polar surface area (TPSA) is 125 Å². The van der Waals surface area contributed by atoms with Crippen LogP contribution in [0.5, 0.6) is 5.88 Å². The molecule has 0 aliphatic heterocycles. The van der Waals surface area contributed by atoms with Crippen molar-refractivity contribution in [3.05, 3.63) is 40.4 Å². The van der Waals surface area contributed by atoms with Crippen molar-refractivity contribution in [2.24, 2.45) is 0 Å². The van der Waals surface area contributed by atoms with Crippen molar-refractivity contribution in [1.29, 1.82) is 0 Å². The fourth-order valence-corrected chi connectivity index (χ4v) is 4.15. The van der Waals surface area contributed by atoms with Crippen molar-refractivity contribution in [3.8, 4) is 17.0 Å². The summed E-state index contributed by atoms with van der Waals surface area (Å²) in [6, 6.07) is 5.32. The van der Waals surface area contributed by atoms with E-state index in [9.17, 15) is 4.79 Å². The number of nitrogen functional groups attached to an aromatic ring is 1. The zero-order valence-corrected chi connectivity index (χ0v) is 17.0. The van der Waals surface area contributed by atoms with Crippen LogP contribution in [0.15, 0.2) is 29.2 Å². The van der Waals surface area contributed by atoms with Gasteiger partial charge in [0.2, 0.25) is 11.8 Å². The van der Waals surface area contributed by atoms with Crippen LogP contribution in [0.1, 0.15) is 37.4 Å². The molecule has 0 bridgehead atoms. The summed E-state index contributed by atoms with van der Waals surface area (Å²) >= 11 is 0.